The monoisotopic (exact) mass is 311 g/mol. The molecule has 2 aromatic rings. The van der Waals surface area contributed by atoms with E-state index in [0.29, 0.717) is 17.3 Å². The molecular formula is C11H10BrN3O3. The quantitative estimate of drug-likeness (QED) is 0.938. The zero-order chi connectivity index (χ0) is 13.3. The van der Waals surface area contributed by atoms with Gasteiger partial charge in [0, 0.05) is 6.07 Å². The van der Waals surface area contributed by atoms with E-state index in [1.807, 2.05) is 0 Å². The number of carboxylic acid groups (broad SMARTS) is 1. The Labute approximate surface area is 111 Å². The Balaban J connectivity index is 2.51. The fraction of sp³-hybridized carbons (Fsp3) is 0.182. The fourth-order valence-corrected chi connectivity index (χ4v) is 1.91. The molecule has 0 aliphatic heterocycles. The van der Waals surface area contributed by atoms with Gasteiger partial charge in [-0.05, 0) is 35.0 Å². The summed E-state index contributed by atoms with van der Waals surface area (Å²) in [5, 5.41) is 12.8. The normalized spacial score (nSPS) is 10.4. The number of aromatic nitrogens is 3. The summed E-state index contributed by atoms with van der Waals surface area (Å²) in [5.41, 5.74) is 0.688. The minimum atomic E-state index is -1.15. The second kappa shape index (κ2) is 4.77. The topological polar surface area (TPSA) is 77.2 Å². The summed E-state index contributed by atoms with van der Waals surface area (Å²) < 4.78 is 7.44. The molecule has 2 rings (SSSR count). The number of carbonyl (C=O) groups is 1. The average Bonchev–Trinajstić information content (AvgIpc) is 2.72. The first-order valence-electron chi connectivity index (χ1n) is 5.04. The van der Waals surface area contributed by atoms with Crippen LogP contribution in [-0.4, -0.2) is 33.0 Å². The first-order chi connectivity index (χ1) is 8.52. The summed E-state index contributed by atoms with van der Waals surface area (Å²) in [6.45, 7) is 1.69. The Bertz CT molecular complexity index is 610. The highest BCUT2D eigenvalue weighted by Crippen LogP contribution is 2.27. The van der Waals surface area contributed by atoms with Gasteiger partial charge in [0.1, 0.15) is 11.6 Å². The van der Waals surface area contributed by atoms with E-state index in [1.165, 1.54) is 4.68 Å². The second-order valence-electron chi connectivity index (χ2n) is 3.52. The predicted molar refractivity (Wildman–Crippen MR) is 67.3 cm³/mol. The predicted octanol–water partition coefficient (Wildman–Crippen LogP) is 2.05. The van der Waals surface area contributed by atoms with Crippen molar-refractivity contribution in [2.75, 3.05) is 7.11 Å². The molecule has 0 atom stereocenters. The molecule has 1 aromatic heterocycles. The van der Waals surface area contributed by atoms with Crippen molar-refractivity contribution >= 4 is 21.9 Å². The average molecular weight is 312 g/mol. The van der Waals surface area contributed by atoms with Gasteiger partial charge in [-0.15, -0.1) is 5.10 Å². The molecule has 0 spiro atoms. The fourth-order valence-electron chi connectivity index (χ4n) is 1.51. The third-order valence-corrected chi connectivity index (χ3v) is 2.99. The van der Waals surface area contributed by atoms with Crippen molar-refractivity contribution in [1.82, 2.24) is 14.8 Å². The van der Waals surface area contributed by atoms with Crippen molar-refractivity contribution in [3.05, 3.63) is 34.3 Å². The number of hydrogen-bond donors (Lipinski definition) is 1. The van der Waals surface area contributed by atoms with Gasteiger partial charge in [-0.2, -0.15) is 0 Å². The molecule has 0 saturated carbocycles. The van der Waals surface area contributed by atoms with Crippen LogP contribution >= 0.6 is 15.9 Å². The Morgan fingerprint density at radius 2 is 2.22 bits per heavy atom. The number of rotatable bonds is 3. The molecule has 1 heterocycles. The lowest BCUT2D eigenvalue weighted by Gasteiger charge is -2.07. The number of hydrogen-bond acceptors (Lipinski definition) is 4. The van der Waals surface area contributed by atoms with Crippen LogP contribution in [0.5, 0.6) is 5.75 Å². The molecular weight excluding hydrogens is 302 g/mol. The Kier molecular flexibility index (Phi) is 3.33. The van der Waals surface area contributed by atoms with Gasteiger partial charge in [0.15, 0.2) is 0 Å². The molecule has 0 fully saturated rings. The van der Waals surface area contributed by atoms with Crippen molar-refractivity contribution in [2.45, 2.75) is 6.92 Å². The highest BCUT2D eigenvalue weighted by molar-refractivity contribution is 9.10. The molecule has 94 valence electrons. The number of halogens is 1. The lowest BCUT2D eigenvalue weighted by Crippen LogP contribution is -2.02. The zero-order valence-electron chi connectivity index (χ0n) is 9.72. The molecule has 7 heteroatoms. The van der Waals surface area contributed by atoms with E-state index < -0.39 is 5.97 Å². The largest absolute Gasteiger partial charge is 0.495 e. The van der Waals surface area contributed by atoms with Gasteiger partial charge in [0.05, 0.1) is 17.3 Å². The number of benzene rings is 1. The van der Waals surface area contributed by atoms with Gasteiger partial charge in [0.2, 0.25) is 0 Å². The summed E-state index contributed by atoms with van der Waals surface area (Å²) in [6.07, 6.45) is 0. The van der Waals surface area contributed by atoms with Gasteiger partial charge in [-0.3, -0.25) is 0 Å². The molecule has 6 nitrogen and oxygen atoms in total. The van der Waals surface area contributed by atoms with E-state index in [0.717, 1.165) is 4.47 Å². The summed E-state index contributed by atoms with van der Waals surface area (Å²) in [5.74, 6) is -0.244. The van der Waals surface area contributed by atoms with E-state index >= 15 is 0 Å². The number of carboxylic acids is 1. The Hall–Kier alpha value is -1.89. The van der Waals surface area contributed by atoms with Crippen molar-refractivity contribution < 1.29 is 14.6 Å². The van der Waals surface area contributed by atoms with E-state index in [4.69, 9.17) is 9.84 Å². The van der Waals surface area contributed by atoms with Gasteiger partial charge in [-0.1, -0.05) is 0 Å². The molecule has 18 heavy (non-hydrogen) atoms. The van der Waals surface area contributed by atoms with Crippen molar-refractivity contribution in [1.29, 1.82) is 0 Å². The minimum Gasteiger partial charge on any atom is -0.495 e. The highest BCUT2D eigenvalue weighted by Gasteiger charge is 2.14. The molecule has 1 N–H and O–H groups in total. The van der Waals surface area contributed by atoms with Crippen LogP contribution in [0.2, 0.25) is 0 Å². The molecule has 1 aromatic carbocycles. The lowest BCUT2D eigenvalue weighted by atomic mass is 10.3. The van der Waals surface area contributed by atoms with Crippen LogP contribution < -0.4 is 4.74 Å². The third kappa shape index (κ3) is 2.21. The number of aromatic carboxylic acids is 1. The van der Waals surface area contributed by atoms with Crippen molar-refractivity contribution in [3.63, 3.8) is 0 Å². The van der Waals surface area contributed by atoms with Crippen LogP contribution in [0, 0.1) is 6.92 Å². The van der Waals surface area contributed by atoms with Crippen molar-refractivity contribution in [3.8, 4) is 11.4 Å². The van der Waals surface area contributed by atoms with Crippen LogP contribution in [0.15, 0.2) is 22.7 Å². The SMILES string of the molecule is COc1cc(-n2nc(C(=O)O)nc2C)ccc1Br. The molecule has 0 aliphatic carbocycles. The molecule has 0 radical (unpaired) electrons. The number of ether oxygens (including phenoxy) is 1. The standard InChI is InChI=1S/C11H10BrN3O3/c1-6-13-10(11(16)17)14-15(6)7-3-4-8(12)9(5-7)18-2/h3-5H,1-2H3,(H,16,17). The van der Waals surface area contributed by atoms with E-state index in [2.05, 4.69) is 26.0 Å². The first kappa shape index (κ1) is 12.6. The van der Waals surface area contributed by atoms with Crippen LogP contribution in [0.1, 0.15) is 16.4 Å². The molecule has 0 aliphatic rings. The van der Waals surface area contributed by atoms with Crippen LogP contribution in [0.25, 0.3) is 5.69 Å². The van der Waals surface area contributed by atoms with Gasteiger partial charge in [0.25, 0.3) is 5.82 Å². The molecule has 0 amide bonds. The molecule has 0 saturated heterocycles. The maximum atomic E-state index is 10.8. The van der Waals surface area contributed by atoms with Crippen LogP contribution in [0.3, 0.4) is 0 Å². The van der Waals surface area contributed by atoms with Gasteiger partial charge < -0.3 is 9.84 Å². The Morgan fingerprint density at radius 1 is 1.50 bits per heavy atom. The van der Waals surface area contributed by atoms with E-state index in [9.17, 15) is 4.79 Å². The first-order valence-corrected chi connectivity index (χ1v) is 5.83. The summed E-state index contributed by atoms with van der Waals surface area (Å²) >= 11 is 3.35. The molecule has 0 bridgehead atoms. The molecule has 0 unspecified atom stereocenters. The van der Waals surface area contributed by atoms with Crippen LogP contribution in [-0.2, 0) is 0 Å². The number of methoxy groups -OCH3 is 1. The lowest BCUT2D eigenvalue weighted by molar-refractivity contribution is 0.0683. The third-order valence-electron chi connectivity index (χ3n) is 2.34. The van der Waals surface area contributed by atoms with Crippen molar-refractivity contribution in [2.24, 2.45) is 0 Å². The van der Waals surface area contributed by atoms with E-state index in [1.54, 1.807) is 32.2 Å². The second-order valence-corrected chi connectivity index (χ2v) is 4.37. The van der Waals surface area contributed by atoms with Gasteiger partial charge in [-0.25, -0.2) is 14.5 Å². The van der Waals surface area contributed by atoms with Gasteiger partial charge >= 0.3 is 5.97 Å². The van der Waals surface area contributed by atoms with Crippen LogP contribution in [0.4, 0.5) is 0 Å². The summed E-state index contributed by atoms with van der Waals surface area (Å²) in [4.78, 5) is 14.7. The van der Waals surface area contributed by atoms with E-state index in [-0.39, 0.29) is 5.82 Å². The summed E-state index contributed by atoms with van der Waals surface area (Å²) in [6, 6.07) is 5.34. The zero-order valence-corrected chi connectivity index (χ0v) is 11.3. The highest BCUT2D eigenvalue weighted by atomic mass is 79.9. The minimum absolute atomic E-state index is 0.227. The summed E-state index contributed by atoms with van der Waals surface area (Å²) in [7, 11) is 1.56. The Morgan fingerprint density at radius 3 is 2.78 bits per heavy atom. The maximum Gasteiger partial charge on any atom is 0.375 e. The maximum absolute atomic E-state index is 10.8. The smallest absolute Gasteiger partial charge is 0.375 e. The number of aryl methyl sites for hydroxylation is 1. The number of nitrogens with zero attached hydrogens (tertiary/aromatic N) is 3.